The molecule has 0 aliphatic heterocycles. The van der Waals surface area contributed by atoms with Crippen LogP contribution in [0.4, 0.5) is 5.69 Å². The average molecular weight is 259 g/mol. The van der Waals surface area contributed by atoms with Gasteiger partial charge in [0.1, 0.15) is 12.3 Å². The highest BCUT2D eigenvalue weighted by molar-refractivity contribution is 5.90. The second kappa shape index (κ2) is 5.81. The largest absolute Gasteiger partial charge is 0.497 e. The van der Waals surface area contributed by atoms with E-state index in [1.807, 2.05) is 0 Å². The Morgan fingerprint density at radius 3 is 3.00 bits per heavy atom. The van der Waals surface area contributed by atoms with Crippen LogP contribution >= 0.6 is 0 Å². The number of nitrogens with one attached hydrogen (secondary N) is 1. The SMILES string of the molecule is COc1cccc(NC(=O)Cn2cccnc2=O)c1. The predicted octanol–water partition coefficient (Wildman–Crippen LogP) is 0.891. The molecule has 1 aromatic carbocycles. The van der Waals surface area contributed by atoms with Gasteiger partial charge in [-0.2, -0.15) is 0 Å². The molecule has 0 radical (unpaired) electrons. The van der Waals surface area contributed by atoms with Gasteiger partial charge in [0.05, 0.1) is 7.11 Å². The molecule has 1 N–H and O–H groups in total. The first-order valence-electron chi connectivity index (χ1n) is 5.64. The number of carbonyl (C=O) groups excluding carboxylic acids is 1. The molecular formula is C13H13N3O3. The minimum Gasteiger partial charge on any atom is -0.497 e. The zero-order chi connectivity index (χ0) is 13.7. The van der Waals surface area contributed by atoms with E-state index >= 15 is 0 Å². The fourth-order valence-electron chi connectivity index (χ4n) is 1.56. The van der Waals surface area contributed by atoms with Crippen LogP contribution in [0.25, 0.3) is 0 Å². The number of benzene rings is 1. The first-order chi connectivity index (χ1) is 9.19. The van der Waals surface area contributed by atoms with E-state index in [0.717, 1.165) is 0 Å². The van der Waals surface area contributed by atoms with Crippen LogP contribution in [0.2, 0.25) is 0 Å². The van der Waals surface area contributed by atoms with Gasteiger partial charge in [0.25, 0.3) is 0 Å². The molecule has 2 aromatic rings. The smallest absolute Gasteiger partial charge is 0.347 e. The Hall–Kier alpha value is -2.63. The molecule has 6 heteroatoms. The Morgan fingerprint density at radius 2 is 2.26 bits per heavy atom. The molecule has 0 aliphatic rings. The summed E-state index contributed by atoms with van der Waals surface area (Å²) >= 11 is 0. The van der Waals surface area contributed by atoms with E-state index < -0.39 is 5.69 Å². The molecule has 0 saturated heterocycles. The molecule has 98 valence electrons. The summed E-state index contributed by atoms with van der Waals surface area (Å²) in [6.45, 7) is -0.0795. The van der Waals surface area contributed by atoms with Crippen molar-refractivity contribution < 1.29 is 9.53 Å². The van der Waals surface area contributed by atoms with Crippen molar-refractivity contribution in [2.45, 2.75) is 6.54 Å². The maximum atomic E-state index is 11.8. The number of ether oxygens (including phenoxy) is 1. The van der Waals surface area contributed by atoms with Gasteiger partial charge in [0.15, 0.2) is 0 Å². The average Bonchev–Trinajstić information content (AvgIpc) is 2.41. The van der Waals surface area contributed by atoms with E-state index in [0.29, 0.717) is 11.4 Å². The predicted molar refractivity (Wildman–Crippen MR) is 70.1 cm³/mol. The van der Waals surface area contributed by atoms with Gasteiger partial charge >= 0.3 is 5.69 Å². The van der Waals surface area contributed by atoms with Crippen molar-refractivity contribution >= 4 is 11.6 Å². The minimum absolute atomic E-state index is 0.0795. The summed E-state index contributed by atoms with van der Waals surface area (Å²) in [7, 11) is 1.55. The van der Waals surface area contributed by atoms with Crippen molar-refractivity contribution in [1.29, 1.82) is 0 Å². The van der Waals surface area contributed by atoms with Crippen molar-refractivity contribution in [2.24, 2.45) is 0 Å². The quantitative estimate of drug-likeness (QED) is 0.885. The van der Waals surface area contributed by atoms with Gasteiger partial charge in [-0.3, -0.25) is 9.36 Å². The molecule has 19 heavy (non-hydrogen) atoms. The van der Waals surface area contributed by atoms with Gasteiger partial charge in [0, 0.05) is 24.1 Å². The van der Waals surface area contributed by atoms with Crippen molar-refractivity contribution in [3.05, 3.63) is 53.2 Å². The van der Waals surface area contributed by atoms with Crippen LogP contribution in [-0.2, 0) is 11.3 Å². The molecule has 6 nitrogen and oxygen atoms in total. The molecular weight excluding hydrogens is 246 g/mol. The first kappa shape index (κ1) is 12.8. The monoisotopic (exact) mass is 259 g/mol. The topological polar surface area (TPSA) is 73.2 Å². The molecule has 1 heterocycles. The Morgan fingerprint density at radius 1 is 1.42 bits per heavy atom. The van der Waals surface area contributed by atoms with E-state index in [1.54, 1.807) is 37.4 Å². The highest BCUT2D eigenvalue weighted by Crippen LogP contribution is 2.16. The number of methoxy groups -OCH3 is 1. The maximum absolute atomic E-state index is 11.8. The summed E-state index contributed by atoms with van der Waals surface area (Å²) in [5.41, 5.74) is 0.157. The lowest BCUT2D eigenvalue weighted by molar-refractivity contribution is -0.116. The highest BCUT2D eigenvalue weighted by Gasteiger charge is 2.05. The number of rotatable bonds is 4. The number of carbonyl (C=O) groups is 1. The zero-order valence-corrected chi connectivity index (χ0v) is 10.4. The lowest BCUT2D eigenvalue weighted by Gasteiger charge is -2.07. The maximum Gasteiger partial charge on any atom is 0.347 e. The van der Waals surface area contributed by atoms with Crippen LogP contribution in [0.5, 0.6) is 5.75 Å². The third-order valence-corrected chi connectivity index (χ3v) is 2.45. The van der Waals surface area contributed by atoms with Crippen LogP contribution in [0.15, 0.2) is 47.5 Å². The van der Waals surface area contributed by atoms with E-state index in [2.05, 4.69) is 10.3 Å². The number of hydrogen-bond acceptors (Lipinski definition) is 4. The second-order valence-corrected chi connectivity index (χ2v) is 3.81. The lowest BCUT2D eigenvalue weighted by Crippen LogP contribution is -2.28. The van der Waals surface area contributed by atoms with Gasteiger partial charge in [-0.1, -0.05) is 6.07 Å². The summed E-state index contributed by atoms with van der Waals surface area (Å²) in [5.74, 6) is 0.347. The normalized spacial score (nSPS) is 9.95. The molecule has 0 fully saturated rings. The van der Waals surface area contributed by atoms with Crippen molar-refractivity contribution in [2.75, 3.05) is 12.4 Å². The number of anilines is 1. The number of aromatic nitrogens is 2. The van der Waals surface area contributed by atoms with Crippen LogP contribution in [0.3, 0.4) is 0 Å². The van der Waals surface area contributed by atoms with Crippen LogP contribution < -0.4 is 15.7 Å². The zero-order valence-electron chi connectivity index (χ0n) is 10.4. The fraction of sp³-hybridized carbons (Fsp3) is 0.154. The number of amides is 1. The van der Waals surface area contributed by atoms with Gasteiger partial charge < -0.3 is 10.1 Å². The van der Waals surface area contributed by atoms with Gasteiger partial charge in [0.2, 0.25) is 5.91 Å². The summed E-state index contributed by atoms with van der Waals surface area (Å²) in [4.78, 5) is 26.7. The van der Waals surface area contributed by atoms with Gasteiger partial charge in [-0.05, 0) is 18.2 Å². The third-order valence-electron chi connectivity index (χ3n) is 2.45. The van der Waals surface area contributed by atoms with Crippen LogP contribution in [0.1, 0.15) is 0 Å². The molecule has 0 saturated carbocycles. The van der Waals surface area contributed by atoms with Crippen molar-refractivity contribution in [3.8, 4) is 5.75 Å². The number of nitrogens with zero attached hydrogens (tertiary/aromatic N) is 2. The van der Waals surface area contributed by atoms with Crippen molar-refractivity contribution in [3.63, 3.8) is 0 Å². The van der Waals surface area contributed by atoms with E-state index in [1.165, 1.54) is 17.0 Å². The van der Waals surface area contributed by atoms with E-state index in [9.17, 15) is 9.59 Å². The molecule has 0 spiro atoms. The Bertz CT molecular complexity index is 637. The molecule has 2 rings (SSSR count). The number of hydrogen-bond donors (Lipinski definition) is 1. The molecule has 0 atom stereocenters. The molecule has 0 bridgehead atoms. The summed E-state index contributed by atoms with van der Waals surface area (Å²) in [6.07, 6.45) is 2.90. The Balaban J connectivity index is 2.05. The second-order valence-electron chi connectivity index (χ2n) is 3.81. The highest BCUT2D eigenvalue weighted by atomic mass is 16.5. The van der Waals surface area contributed by atoms with Crippen molar-refractivity contribution in [1.82, 2.24) is 9.55 Å². The summed E-state index contributed by atoms with van der Waals surface area (Å²) in [5, 5.41) is 2.69. The first-order valence-corrected chi connectivity index (χ1v) is 5.64. The van der Waals surface area contributed by atoms with E-state index in [4.69, 9.17) is 4.74 Å². The van der Waals surface area contributed by atoms with Crippen LogP contribution in [0, 0.1) is 0 Å². The lowest BCUT2D eigenvalue weighted by atomic mass is 10.3. The fourth-order valence-corrected chi connectivity index (χ4v) is 1.56. The summed E-state index contributed by atoms with van der Waals surface area (Å²) in [6, 6.07) is 8.59. The van der Waals surface area contributed by atoms with Gasteiger partial charge in [-0.25, -0.2) is 9.78 Å². The molecule has 0 aliphatic carbocycles. The molecule has 1 amide bonds. The summed E-state index contributed by atoms with van der Waals surface area (Å²) < 4.78 is 6.29. The Kier molecular flexibility index (Phi) is 3.92. The van der Waals surface area contributed by atoms with E-state index in [-0.39, 0.29) is 12.5 Å². The van der Waals surface area contributed by atoms with Gasteiger partial charge in [-0.15, -0.1) is 0 Å². The third kappa shape index (κ3) is 3.41. The minimum atomic E-state index is -0.455. The molecule has 1 aromatic heterocycles. The Labute approximate surface area is 109 Å². The standard InChI is InChI=1S/C13H13N3O3/c1-19-11-5-2-4-10(8-11)15-12(17)9-16-7-3-6-14-13(16)18/h2-8H,9H2,1H3,(H,15,17). The van der Waals surface area contributed by atoms with Crippen LogP contribution in [-0.4, -0.2) is 22.6 Å². The molecule has 0 unspecified atom stereocenters.